The Morgan fingerprint density at radius 3 is 2.63 bits per heavy atom. The number of carbonyl (C=O) groups excluding carboxylic acids is 2. The Balaban J connectivity index is 1.96. The Morgan fingerprint density at radius 1 is 1.26 bits per heavy atom. The summed E-state index contributed by atoms with van der Waals surface area (Å²) in [6.07, 6.45) is 2.07. The second-order valence-corrected chi connectivity index (χ2v) is 5.55. The van der Waals surface area contributed by atoms with Crippen molar-refractivity contribution >= 4 is 17.5 Å². The molecule has 1 aliphatic heterocycles. The van der Waals surface area contributed by atoms with Gasteiger partial charge in [-0.2, -0.15) is 0 Å². The molecule has 4 nitrogen and oxygen atoms in total. The van der Waals surface area contributed by atoms with Crippen LogP contribution in [0.4, 0.5) is 5.69 Å². The quantitative estimate of drug-likeness (QED) is 0.876. The van der Waals surface area contributed by atoms with E-state index >= 15 is 0 Å². The van der Waals surface area contributed by atoms with Crippen LogP contribution in [0.25, 0.3) is 0 Å². The van der Waals surface area contributed by atoms with Crippen molar-refractivity contribution in [2.45, 2.75) is 38.8 Å². The Labute approximate surface area is 112 Å². The lowest BCUT2D eigenvalue weighted by atomic mass is 10.0. The first-order chi connectivity index (χ1) is 9.08. The van der Waals surface area contributed by atoms with E-state index in [1.54, 1.807) is 11.8 Å². The molecule has 0 bridgehead atoms. The molecular weight excluding hydrogens is 240 g/mol. The minimum absolute atomic E-state index is 0.0280. The van der Waals surface area contributed by atoms with E-state index in [1.807, 2.05) is 31.2 Å². The van der Waals surface area contributed by atoms with Gasteiger partial charge in [-0.3, -0.25) is 14.5 Å². The first-order valence-electron chi connectivity index (χ1n) is 6.78. The summed E-state index contributed by atoms with van der Waals surface area (Å²) < 4.78 is 0. The van der Waals surface area contributed by atoms with E-state index < -0.39 is 6.04 Å². The predicted molar refractivity (Wildman–Crippen MR) is 72.8 cm³/mol. The summed E-state index contributed by atoms with van der Waals surface area (Å²) in [5.41, 5.74) is 1.91. The monoisotopic (exact) mass is 258 g/mol. The van der Waals surface area contributed by atoms with E-state index in [2.05, 4.69) is 5.32 Å². The number of rotatable bonds is 2. The first-order valence-corrected chi connectivity index (χ1v) is 6.78. The highest BCUT2D eigenvalue weighted by Gasteiger charge is 2.45. The van der Waals surface area contributed by atoms with Crippen LogP contribution in [-0.2, 0) is 9.59 Å². The number of piperazine rings is 1. The molecule has 2 unspecified atom stereocenters. The molecular formula is C15H18N2O2. The summed E-state index contributed by atoms with van der Waals surface area (Å²) in [7, 11) is 0. The van der Waals surface area contributed by atoms with Gasteiger partial charge in [0.05, 0.1) is 0 Å². The van der Waals surface area contributed by atoms with Gasteiger partial charge in [0.25, 0.3) is 5.91 Å². The second kappa shape index (κ2) is 4.37. The molecule has 3 rings (SSSR count). The normalized spacial score (nSPS) is 27.4. The largest absolute Gasteiger partial charge is 0.342 e. The third-order valence-electron chi connectivity index (χ3n) is 3.94. The molecule has 1 aliphatic carbocycles. The summed E-state index contributed by atoms with van der Waals surface area (Å²) >= 11 is 0. The topological polar surface area (TPSA) is 49.4 Å². The van der Waals surface area contributed by atoms with E-state index in [0.29, 0.717) is 5.92 Å². The van der Waals surface area contributed by atoms with Gasteiger partial charge in [-0.15, -0.1) is 0 Å². The van der Waals surface area contributed by atoms with Crippen LogP contribution < -0.4 is 10.2 Å². The highest BCUT2D eigenvalue weighted by molar-refractivity contribution is 6.08. The molecule has 0 spiro atoms. The van der Waals surface area contributed by atoms with Crippen LogP contribution in [0.1, 0.15) is 25.3 Å². The zero-order chi connectivity index (χ0) is 13.6. The Kier molecular flexibility index (Phi) is 2.81. The molecule has 0 aromatic heterocycles. The molecule has 1 heterocycles. The van der Waals surface area contributed by atoms with Crippen LogP contribution >= 0.6 is 0 Å². The number of nitrogens with one attached hydrogen (secondary N) is 1. The smallest absolute Gasteiger partial charge is 0.250 e. The van der Waals surface area contributed by atoms with Crippen molar-refractivity contribution in [3.05, 3.63) is 29.8 Å². The average molecular weight is 258 g/mol. The molecule has 4 heteroatoms. The van der Waals surface area contributed by atoms with Crippen molar-refractivity contribution in [3.63, 3.8) is 0 Å². The minimum atomic E-state index is -0.440. The van der Waals surface area contributed by atoms with Crippen molar-refractivity contribution < 1.29 is 9.59 Å². The molecule has 2 atom stereocenters. The van der Waals surface area contributed by atoms with Crippen LogP contribution in [0.5, 0.6) is 0 Å². The Morgan fingerprint density at radius 2 is 2.00 bits per heavy atom. The molecule has 19 heavy (non-hydrogen) atoms. The van der Waals surface area contributed by atoms with Gasteiger partial charge in [-0.05, 0) is 50.3 Å². The zero-order valence-corrected chi connectivity index (χ0v) is 11.2. The molecule has 1 aromatic carbocycles. The van der Waals surface area contributed by atoms with Gasteiger partial charge in [0.1, 0.15) is 12.1 Å². The first kappa shape index (κ1) is 12.2. The lowest BCUT2D eigenvalue weighted by Gasteiger charge is -2.37. The standard InChI is InChI=1S/C15H18N2O2/c1-9-4-3-5-12(8-9)17-10(2)14(18)16-13(15(17)19)11-6-7-11/h3-5,8,10-11,13H,6-7H2,1-2H3,(H,16,18). The van der Waals surface area contributed by atoms with Crippen LogP contribution in [0.2, 0.25) is 0 Å². The zero-order valence-electron chi connectivity index (χ0n) is 11.2. The number of benzene rings is 1. The van der Waals surface area contributed by atoms with E-state index in [0.717, 1.165) is 24.1 Å². The van der Waals surface area contributed by atoms with Crippen LogP contribution in [0.3, 0.4) is 0 Å². The fourth-order valence-electron chi connectivity index (χ4n) is 2.67. The average Bonchev–Trinajstić information content (AvgIpc) is 3.18. The van der Waals surface area contributed by atoms with Crippen molar-refractivity contribution in [2.24, 2.45) is 5.92 Å². The Bertz CT molecular complexity index is 537. The van der Waals surface area contributed by atoms with E-state index in [-0.39, 0.29) is 17.9 Å². The van der Waals surface area contributed by atoms with E-state index in [1.165, 1.54) is 0 Å². The highest BCUT2D eigenvalue weighted by atomic mass is 16.2. The fraction of sp³-hybridized carbons (Fsp3) is 0.467. The van der Waals surface area contributed by atoms with Gasteiger partial charge in [0, 0.05) is 5.69 Å². The lowest BCUT2D eigenvalue weighted by Crippen LogP contribution is -2.63. The van der Waals surface area contributed by atoms with Crippen molar-refractivity contribution in [3.8, 4) is 0 Å². The molecule has 100 valence electrons. The maximum Gasteiger partial charge on any atom is 0.250 e. The molecule has 2 fully saturated rings. The van der Waals surface area contributed by atoms with E-state index in [4.69, 9.17) is 0 Å². The van der Waals surface area contributed by atoms with Crippen LogP contribution in [0, 0.1) is 12.8 Å². The third-order valence-corrected chi connectivity index (χ3v) is 3.94. The molecule has 1 aromatic rings. The van der Waals surface area contributed by atoms with Crippen molar-refractivity contribution in [2.75, 3.05) is 4.90 Å². The number of hydrogen-bond acceptors (Lipinski definition) is 2. The number of anilines is 1. The Hall–Kier alpha value is -1.84. The highest BCUT2D eigenvalue weighted by Crippen LogP contribution is 2.36. The van der Waals surface area contributed by atoms with Gasteiger partial charge >= 0.3 is 0 Å². The third kappa shape index (κ3) is 2.11. The summed E-state index contributed by atoms with van der Waals surface area (Å²) in [5, 5.41) is 2.86. The van der Waals surface area contributed by atoms with Gasteiger partial charge in [-0.1, -0.05) is 12.1 Å². The lowest BCUT2D eigenvalue weighted by molar-refractivity contribution is -0.133. The summed E-state index contributed by atoms with van der Waals surface area (Å²) in [6.45, 7) is 3.76. The van der Waals surface area contributed by atoms with Crippen LogP contribution in [0.15, 0.2) is 24.3 Å². The fourth-order valence-corrected chi connectivity index (χ4v) is 2.67. The molecule has 2 aliphatic rings. The maximum atomic E-state index is 12.6. The number of amides is 2. The van der Waals surface area contributed by atoms with Gasteiger partial charge in [0.2, 0.25) is 5.91 Å². The molecule has 1 saturated carbocycles. The van der Waals surface area contributed by atoms with Crippen molar-refractivity contribution in [1.82, 2.24) is 5.32 Å². The maximum absolute atomic E-state index is 12.6. The SMILES string of the molecule is Cc1cccc(N2C(=O)C(C3CC3)NC(=O)C2C)c1. The molecule has 0 radical (unpaired) electrons. The predicted octanol–water partition coefficient (Wildman–Crippen LogP) is 1.62. The van der Waals surface area contributed by atoms with Gasteiger partial charge in [-0.25, -0.2) is 0 Å². The number of aryl methyl sites for hydroxylation is 1. The second-order valence-electron chi connectivity index (χ2n) is 5.55. The molecule has 2 amide bonds. The molecule has 1 N–H and O–H groups in total. The number of carbonyl (C=O) groups is 2. The summed E-state index contributed by atoms with van der Waals surface area (Å²) in [5.74, 6) is 0.300. The summed E-state index contributed by atoms with van der Waals surface area (Å²) in [6, 6.07) is 6.99. The van der Waals surface area contributed by atoms with Crippen LogP contribution in [-0.4, -0.2) is 23.9 Å². The van der Waals surface area contributed by atoms with Crippen molar-refractivity contribution in [1.29, 1.82) is 0 Å². The van der Waals surface area contributed by atoms with Gasteiger partial charge < -0.3 is 5.32 Å². The number of hydrogen-bond donors (Lipinski definition) is 1. The van der Waals surface area contributed by atoms with Gasteiger partial charge in [0.15, 0.2) is 0 Å². The van der Waals surface area contributed by atoms with E-state index in [9.17, 15) is 9.59 Å². The minimum Gasteiger partial charge on any atom is -0.342 e. The number of nitrogens with zero attached hydrogens (tertiary/aromatic N) is 1. The summed E-state index contributed by atoms with van der Waals surface area (Å²) in [4.78, 5) is 26.3. The molecule has 1 saturated heterocycles.